The molecule has 3 rings (SSSR count). The van der Waals surface area contributed by atoms with Crippen LogP contribution in [0.2, 0.25) is 0 Å². The molecule has 1 heterocycles. The van der Waals surface area contributed by atoms with E-state index in [1.807, 2.05) is 24.3 Å². The second-order valence-corrected chi connectivity index (χ2v) is 9.08. The molecule has 0 bridgehead atoms. The molecule has 0 atom stereocenters. The summed E-state index contributed by atoms with van der Waals surface area (Å²) < 4.78 is 29.6. The van der Waals surface area contributed by atoms with Gasteiger partial charge in [0.2, 0.25) is 0 Å². The Labute approximate surface area is 165 Å². The van der Waals surface area contributed by atoms with E-state index in [2.05, 4.69) is 6.92 Å². The topological polar surface area (TPSA) is 67.6 Å². The average molecular weight is 400 g/mol. The van der Waals surface area contributed by atoms with Crippen LogP contribution in [0.4, 0.5) is 0 Å². The van der Waals surface area contributed by atoms with E-state index in [4.69, 9.17) is 4.42 Å². The highest BCUT2D eigenvalue weighted by atomic mass is 32.2. The molecule has 1 aromatic heterocycles. The highest BCUT2D eigenvalue weighted by Gasteiger charge is 2.20. The first-order valence-electron chi connectivity index (χ1n) is 9.36. The van der Waals surface area contributed by atoms with E-state index in [0.717, 1.165) is 47.8 Å². The fraction of sp³-hybridized carbons (Fsp3) is 0.318. The predicted octanol–water partition coefficient (Wildman–Crippen LogP) is 4.45. The van der Waals surface area contributed by atoms with Crippen LogP contribution in [0.5, 0.6) is 0 Å². The van der Waals surface area contributed by atoms with Gasteiger partial charge in [-0.05, 0) is 30.7 Å². The van der Waals surface area contributed by atoms with Crippen molar-refractivity contribution in [2.45, 2.75) is 37.6 Å². The lowest BCUT2D eigenvalue weighted by molar-refractivity contribution is 0.0784. The molecule has 0 unspecified atom stereocenters. The minimum Gasteiger partial charge on any atom is -0.461 e. The van der Waals surface area contributed by atoms with Crippen molar-refractivity contribution in [2.75, 3.05) is 13.3 Å². The Balaban J connectivity index is 1.90. The molecule has 0 saturated heterocycles. The summed E-state index contributed by atoms with van der Waals surface area (Å²) in [5.41, 5.74) is 2.19. The number of aryl methyl sites for hydroxylation is 1. The molecule has 2 aromatic carbocycles. The normalized spacial score (nSPS) is 11.7. The zero-order chi connectivity index (χ0) is 20.3. The molecule has 0 aliphatic heterocycles. The minimum atomic E-state index is -3.37. The number of hydrogen-bond acceptors (Lipinski definition) is 4. The number of furan rings is 1. The Morgan fingerprint density at radius 1 is 1.11 bits per heavy atom. The van der Waals surface area contributed by atoms with E-state index in [1.54, 1.807) is 24.1 Å². The molecular formula is C22H25NO4S. The van der Waals surface area contributed by atoms with Crippen LogP contribution in [0.15, 0.2) is 57.8 Å². The number of hydrogen-bond donors (Lipinski definition) is 0. The van der Waals surface area contributed by atoms with Gasteiger partial charge in [-0.1, -0.05) is 37.6 Å². The van der Waals surface area contributed by atoms with E-state index in [-0.39, 0.29) is 10.8 Å². The van der Waals surface area contributed by atoms with Gasteiger partial charge < -0.3 is 9.32 Å². The second-order valence-electron chi connectivity index (χ2n) is 7.06. The molecule has 3 aromatic rings. The Hall–Kier alpha value is -2.60. The highest BCUT2D eigenvalue weighted by molar-refractivity contribution is 7.90. The van der Waals surface area contributed by atoms with Crippen LogP contribution in [-0.4, -0.2) is 32.5 Å². The molecule has 0 fully saturated rings. The molecule has 5 nitrogen and oxygen atoms in total. The third-order valence-corrected chi connectivity index (χ3v) is 5.90. The average Bonchev–Trinajstić information content (AvgIpc) is 3.02. The fourth-order valence-corrected chi connectivity index (χ4v) is 3.92. The van der Waals surface area contributed by atoms with Crippen molar-refractivity contribution in [3.63, 3.8) is 0 Å². The van der Waals surface area contributed by atoms with Gasteiger partial charge in [-0.2, -0.15) is 0 Å². The molecule has 0 saturated carbocycles. The zero-order valence-corrected chi connectivity index (χ0v) is 17.3. The van der Waals surface area contributed by atoms with E-state index >= 15 is 0 Å². The molecule has 6 heteroatoms. The summed E-state index contributed by atoms with van der Waals surface area (Å²) in [6, 6.07) is 14.0. The van der Waals surface area contributed by atoms with Crippen LogP contribution in [-0.2, 0) is 22.8 Å². The lowest BCUT2D eigenvalue weighted by Crippen LogP contribution is -2.26. The largest absolute Gasteiger partial charge is 0.461 e. The van der Waals surface area contributed by atoms with Crippen LogP contribution in [0.25, 0.3) is 11.0 Å². The summed E-state index contributed by atoms with van der Waals surface area (Å²) in [4.78, 5) is 14.7. The Bertz CT molecular complexity index is 1100. The van der Waals surface area contributed by atoms with E-state index in [1.165, 1.54) is 12.1 Å². The maximum Gasteiger partial charge on any atom is 0.253 e. The first kappa shape index (κ1) is 20.1. The van der Waals surface area contributed by atoms with Gasteiger partial charge in [0, 0.05) is 42.8 Å². The van der Waals surface area contributed by atoms with Crippen LogP contribution < -0.4 is 0 Å². The van der Waals surface area contributed by atoms with Crippen molar-refractivity contribution in [1.29, 1.82) is 0 Å². The summed E-state index contributed by atoms with van der Waals surface area (Å²) in [7, 11) is -1.64. The molecule has 0 radical (unpaired) electrons. The first-order chi connectivity index (χ1) is 13.3. The Kier molecular flexibility index (Phi) is 5.89. The number of rotatable bonds is 7. The van der Waals surface area contributed by atoms with Gasteiger partial charge in [-0.3, -0.25) is 4.79 Å². The van der Waals surface area contributed by atoms with Gasteiger partial charge in [0.25, 0.3) is 5.91 Å². The fourth-order valence-electron chi connectivity index (χ4n) is 3.25. The number of unbranched alkanes of at least 4 members (excludes halogenated alkanes) is 1. The summed E-state index contributed by atoms with van der Waals surface area (Å²) in [5, 5.41) is 1.01. The number of nitrogens with zero attached hydrogens (tertiary/aromatic N) is 1. The number of sulfone groups is 1. The zero-order valence-electron chi connectivity index (χ0n) is 16.4. The lowest BCUT2D eigenvalue weighted by atomic mass is 10.1. The van der Waals surface area contributed by atoms with Crippen LogP contribution in [0, 0.1) is 0 Å². The smallest absolute Gasteiger partial charge is 0.253 e. The van der Waals surface area contributed by atoms with Crippen molar-refractivity contribution < 1.29 is 17.6 Å². The predicted molar refractivity (Wildman–Crippen MR) is 110 cm³/mol. The quantitative estimate of drug-likeness (QED) is 0.589. The van der Waals surface area contributed by atoms with Crippen molar-refractivity contribution in [2.24, 2.45) is 0 Å². The Morgan fingerprint density at radius 2 is 1.86 bits per heavy atom. The summed E-state index contributed by atoms with van der Waals surface area (Å²) >= 11 is 0. The summed E-state index contributed by atoms with van der Waals surface area (Å²) in [6.07, 6.45) is 4.04. The monoisotopic (exact) mass is 399 g/mol. The van der Waals surface area contributed by atoms with Crippen molar-refractivity contribution >= 4 is 26.7 Å². The maximum atomic E-state index is 12.9. The highest BCUT2D eigenvalue weighted by Crippen LogP contribution is 2.28. The molecule has 0 aliphatic rings. The summed E-state index contributed by atoms with van der Waals surface area (Å²) in [5.74, 6) is 0.685. The minimum absolute atomic E-state index is 0.143. The van der Waals surface area contributed by atoms with E-state index in [0.29, 0.717) is 12.1 Å². The van der Waals surface area contributed by atoms with Gasteiger partial charge in [-0.15, -0.1) is 0 Å². The van der Waals surface area contributed by atoms with Crippen molar-refractivity contribution in [1.82, 2.24) is 4.90 Å². The van der Waals surface area contributed by atoms with E-state index < -0.39 is 9.84 Å². The number of amides is 1. The molecule has 28 heavy (non-hydrogen) atoms. The molecule has 0 spiro atoms. The van der Waals surface area contributed by atoms with Crippen LogP contribution >= 0.6 is 0 Å². The standard InChI is InChI=1S/C22H25NO4S/c1-4-5-12-21-19(18-11-6-7-13-20(18)27-21)15-23(2)22(24)16-9-8-10-17(14-16)28(3,25)26/h6-11,13-14H,4-5,12,15H2,1-3H3. The number of carbonyl (C=O) groups is 1. The lowest BCUT2D eigenvalue weighted by Gasteiger charge is -2.18. The van der Waals surface area contributed by atoms with Crippen molar-refractivity contribution in [3.05, 3.63) is 65.4 Å². The number of para-hydroxylation sites is 1. The van der Waals surface area contributed by atoms with Gasteiger partial charge >= 0.3 is 0 Å². The molecule has 1 amide bonds. The van der Waals surface area contributed by atoms with Gasteiger partial charge in [-0.25, -0.2) is 8.42 Å². The summed E-state index contributed by atoms with van der Waals surface area (Å²) in [6.45, 7) is 2.53. The second kappa shape index (κ2) is 8.19. The SMILES string of the molecule is CCCCc1oc2ccccc2c1CN(C)C(=O)c1cccc(S(C)(=O)=O)c1. The molecular weight excluding hydrogens is 374 g/mol. The number of benzene rings is 2. The molecule has 148 valence electrons. The van der Waals surface area contributed by atoms with Gasteiger partial charge in [0.1, 0.15) is 11.3 Å². The molecule has 0 N–H and O–H groups in total. The third-order valence-electron chi connectivity index (χ3n) is 4.79. The van der Waals surface area contributed by atoms with Gasteiger partial charge in [0.05, 0.1) is 4.90 Å². The van der Waals surface area contributed by atoms with Crippen LogP contribution in [0.1, 0.15) is 41.4 Å². The van der Waals surface area contributed by atoms with Crippen molar-refractivity contribution in [3.8, 4) is 0 Å². The maximum absolute atomic E-state index is 12.9. The third kappa shape index (κ3) is 4.28. The van der Waals surface area contributed by atoms with E-state index in [9.17, 15) is 13.2 Å². The first-order valence-corrected chi connectivity index (χ1v) is 11.2. The van der Waals surface area contributed by atoms with Crippen LogP contribution in [0.3, 0.4) is 0 Å². The van der Waals surface area contributed by atoms with Gasteiger partial charge in [0.15, 0.2) is 9.84 Å². The molecule has 0 aliphatic carbocycles. The Morgan fingerprint density at radius 3 is 2.57 bits per heavy atom. The number of carbonyl (C=O) groups excluding carboxylic acids is 1. The number of fused-ring (bicyclic) bond motifs is 1.